The molecule has 3 unspecified atom stereocenters. The van der Waals surface area contributed by atoms with Gasteiger partial charge < -0.3 is 9.47 Å². The first kappa shape index (κ1) is 11.0. The fourth-order valence-electron chi connectivity index (χ4n) is 1.67. The van der Waals surface area contributed by atoms with E-state index in [4.69, 9.17) is 9.47 Å². The monoisotopic (exact) mass is 187 g/mol. The van der Waals surface area contributed by atoms with E-state index < -0.39 is 0 Å². The standard InChI is InChI=1S/C10H21NO2/c1-7(2)13-6-9-5-10(12-4)11-8(9)3/h7-11H,5-6H2,1-4H3. The van der Waals surface area contributed by atoms with Crippen LogP contribution >= 0.6 is 0 Å². The third kappa shape index (κ3) is 3.25. The predicted octanol–water partition coefficient (Wildman–Crippen LogP) is 1.38. The molecular weight excluding hydrogens is 166 g/mol. The molecule has 1 rings (SSSR count). The van der Waals surface area contributed by atoms with Crippen LogP contribution in [0.3, 0.4) is 0 Å². The molecule has 1 aliphatic rings. The van der Waals surface area contributed by atoms with Crippen LogP contribution in [0.25, 0.3) is 0 Å². The predicted molar refractivity (Wildman–Crippen MR) is 52.6 cm³/mol. The van der Waals surface area contributed by atoms with Gasteiger partial charge in [-0.2, -0.15) is 0 Å². The van der Waals surface area contributed by atoms with Crippen molar-refractivity contribution in [2.75, 3.05) is 13.7 Å². The zero-order valence-corrected chi connectivity index (χ0v) is 9.04. The molecule has 0 aromatic heterocycles. The summed E-state index contributed by atoms with van der Waals surface area (Å²) in [6.45, 7) is 7.17. The molecule has 0 amide bonds. The Morgan fingerprint density at radius 1 is 1.46 bits per heavy atom. The number of ether oxygens (including phenoxy) is 2. The fraction of sp³-hybridized carbons (Fsp3) is 1.00. The van der Waals surface area contributed by atoms with Gasteiger partial charge in [0.2, 0.25) is 0 Å². The highest BCUT2D eigenvalue weighted by molar-refractivity contribution is 4.83. The van der Waals surface area contributed by atoms with Crippen molar-refractivity contribution in [3.8, 4) is 0 Å². The van der Waals surface area contributed by atoms with E-state index in [0.717, 1.165) is 13.0 Å². The van der Waals surface area contributed by atoms with Gasteiger partial charge in [0.15, 0.2) is 0 Å². The maximum absolute atomic E-state index is 5.59. The molecule has 0 aliphatic carbocycles. The molecule has 0 saturated carbocycles. The van der Waals surface area contributed by atoms with Gasteiger partial charge >= 0.3 is 0 Å². The first-order chi connectivity index (χ1) is 6.13. The van der Waals surface area contributed by atoms with Crippen molar-refractivity contribution in [3.05, 3.63) is 0 Å². The number of hydrogen-bond acceptors (Lipinski definition) is 3. The van der Waals surface area contributed by atoms with Crippen LogP contribution in [0.1, 0.15) is 27.2 Å². The van der Waals surface area contributed by atoms with Gasteiger partial charge in [0.05, 0.1) is 12.7 Å². The SMILES string of the molecule is COC1CC(COC(C)C)C(C)N1. The summed E-state index contributed by atoms with van der Waals surface area (Å²) in [5.41, 5.74) is 0. The second kappa shape index (κ2) is 4.94. The van der Waals surface area contributed by atoms with Crippen molar-refractivity contribution in [2.45, 2.75) is 45.6 Å². The first-order valence-corrected chi connectivity index (χ1v) is 5.04. The van der Waals surface area contributed by atoms with E-state index in [1.807, 2.05) is 0 Å². The first-order valence-electron chi connectivity index (χ1n) is 5.04. The number of methoxy groups -OCH3 is 1. The number of rotatable bonds is 4. The fourth-order valence-corrected chi connectivity index (χ4v) is 1.67. The van der Waals surface area contributed by atoms with Gasteiger partial charge in [0, 0.05) is 19.1 Å². The highest BCUT2D eigenvalue weighted by atomic mass is 16.5. The summed E-state index contributed by atoms with van der Waals surface area (Å²) in [6, 6.07) is 0.503. The van der Waals surface area contributed by atoms with Crippen LogP contribution in [0.5, 0.6) is 0 Å². The normalized spacial score (nSPS) is 34.4. The molecule has 0 aromatic rings. The summed E-state index contributed by atoms with van der Waals surface area (Å²) in [5, 5.41) is 3.38. The Morgan fingerprint density at radius 3 is 2.62 bits per heavy atom. The summed E-state index contributed by atoms with van der Waals surface area (Å²) >= 11 is 0. The zero-order chi connectivity index (χ0) is 9.84. The molecule has 3 heteroatoms. The summed E-state index contributed by atoms with van der Waals surface area (Å²) < 4.78 is 10.8. The Bertz CT molecular complexity index is 150. The Balaban J connectivity index is 2.26. The molecule has 13 heavy (non-hydrogen) atoms. The number of nitrogens with one attached hydrogen (secondary N) is 1. The minimum atomic E-state index is 0.218. The lowest BCUT2D eigenvalue weighted by Gasteiger charge is -2.16. The maximum Gasteiger partial charge on any atom is 0.108 e. The Morgan fingerprint density at radius 2 is 2.15 bits per heavy atom. The molecule has 0 bridgehead atoms. The molecule has 0 aromatic carbocycles. The van der Waals surface area contributed by atoms with E-state index in [0.29, 0.717) is 18.1 Å². The molecule has 1 aliphatic heterocycles. The van der Waals surface area contributed by atoms with Crippen LogP contribution < -0.4 is 5.32 Å². The summed E-state index contributed by atoms with van der Waals surface area (Å²) in [7, 11) is 1.75. The third-order valence-corrected chi connectivity index (χ3v) is 2.60. The van der Waals surface area contributed by atoms with Crippen molar-refractivity contribution in [2.24, 2.45) is 5.92 Å². The molecule has 1 fully saturated rings. The summed E-state index contributed by atoms with van der Waals surface area (Å²) in [5.74, 6) is 0.590. The average Bonchev–Trinajstić information content (AvgIpc) is 2.43. The van der Waals surface area contributed by atoms with E-state index in [1.54, 1.807) is 7.11 Å². The van der Waals surface area contributed by atoms with E-state index in [2.05, 4.69) is 26.1 Å². The van der Waals surface area contributed by atoms with Crippen molar-refractivity contribution in [1.82, 2.24) is 5.32 Å². The quantitative estimate of drug-likeness (QED) is 0.721. The van der Waals surface area contributed by atoms with E-state index in [1.165, 1.54) is 0 Å². The van der Waals surface area contributed by atoms with Crippen LogP contribution in [-0.4, -0.2) is 32.1 Å². The highest BCUT2D eigenvalue weighted by Gasteiger charge is 2.30. The van der Waals surface area contributed by atoms with Gasteiger partial charge in [-0.15, -0.1) is 0 Å². The van der Waals surface area contributed by atoms with E-state index in [9.17, 15) is 0 Å². The van der Waals surface area contributed by atoms with Gasteiger partial charge in [0.25, 0.3) is 0 Å². The van der Waals surface area contributed by atoms with Crippen LogP contribution in [0.4, 0.5) is 0 Å². The van der Waals surface area contributed by atoms with Crippen LogP contribution in [0, 0.1) is 5.92 Å². The Labute approximate surface area is 80.8 Å². The molecule has 3 nitrogen and oxygen atoms in total. The van der Waals surface area contributed by atoms with Crippen LogP contribution in [-0.2, 0) is 9.47 Å². The second-order valence-corrected chi connectivity index (χ2v) is 4.06. The molecule has 3 atom stereocenters. The largest absolute Gasteiger partial charge is 0.378 e. The number of hydrogen-bond donors (Lipinski definition) is 1. The molecule has 0 radical (unpaired) electrons. The second-order valence-electron chi connectivity index (χ2n) is 4.06. The minimum absolute atomic E-state index is 0.218. The molecule has 78 valence electrons. The van der Waals surface area contributed by atoms with Crippen molar-refractivity contribution in [1.29, 1.82) is 0 Å². The molecular formula is C10H21NO2. The van der Waals surface area contributed by atoms with Gasteiger partial charge in [-0.05, 0) is 27.2 Å². The molecule has 0 spiro atoms. The molecule has 1 N–H and O–H groups in total. The van der Waals surface area contributed by atoms with Gasteiger partial charge in [-0.3, -0.25) is 5.32 Å². The highest BCUT2D eigenvalue weighted by Crippen LogP contribution is 2.21. The van der Waals surface area contributed by atoms with Gasteiger partial charge in [-0.25, -0.2) is 0 Å². The van der Waals surface area contributed by atoms with Gasteiger partial charge in [0.1, 0.15) is 6.23 Å². The Kier molecular flexibility index (Phi) is 4.16. The van der Waals surface area contributed by atoms with Crippen LogP contribution in [0.15, 0.2) is 0 Å². The molecule has 1 saturated heterocycles. The smallest absolute Gasteiger partial charge is 0.108 e. The molecule has 1 heterocycles. The average molecular weight is 187 g/mol. The lowest BCUT2D eigenvalue weighted by molar-refractivity contribution is 0.0426. The van der Waals surface area contributed by atoms with Gasteiger partial charge in [-0.1, -0.05) is 0 Å². The zero-order valence-electron chi connectivity index (χ0n) is 9.04. The summed E-state index contributed by atoms with van der Waals surface area (Å²) in [4.78, 5) is 0. The van der Waals surface area contributed by atoms with Crippen molar-refractivity contribution < 1.29 is 9.47 Å². The maximum atomic E-state index is 5.59. The van der Waals surface area contributed by atoms with Crippen LogP contribution in [0.2, 0.25) is 0 Å². The Hall–Kier alpha value is -0.120. The lowest BCUT2D eigenvalue weighted by atomic mass is 10.0. The third-order valence-electron chi connectivity index (χ3n) is 2.60. The van der Waals surface area contributed by atoms with E-state index >= 15 is 0 Å². The lowest BCUT2D eigenvalue weighted by Crippen LogP contribution is -2.30. The topological polar surface area (TPSA) is 30.5 Å². The minimum Gasteiger partial charge on any atom is -0.378 e. The van der Waals surface area contributed by atoms with E-state index in [-0.39, 0.29) is 6.23 Å². The summed E-state index contributed by atoms with van der Waals surface area (Å²) in [6.07, 6.45) is 1.61. The van der Waals surface area contributed by atoms with Crippen molar-refractivity contribution in [3.63, 3.8) is 0 Å². The van der Waals surface area contributed by atoms with Crippen molar-refractivity contribution >= 4 is 0 Å².